The monoisotopic (exact) mass is 382 g/mol. The van der Waals surface area contributed by atoms with E-state index in [0.29, 0.717) is 13.0 Å². The van der Waals surface area contributed by atoms with E-state index >= 15 is 0 Å². The smallest absolute Gasteiger partial charge is 0.340 e. The van der Waals surface area contributed by atoms with Gasteiger partial charge in [0.1, 0.15) is 0 Å². The zero-order valence-corrected chi connectivity index (χ0v) is 15.2. The lowest BCUT2D eigenvalue weighted by Crippen LogP contribution is -2.30. The Morgan fingerprint density at radius 2 is 1.92 bits per heavy atom. The molecule has 0 radical (unpaired) electrons. The van der Waals surface area contributed by atoms with Gasteiger partial charge in [-0.15, -0.1) is 11.3 Å². The number of amides is 1. The van der Waals surface area contributed by atoms with Crippen LogP contribution in [0.2, 0.25) is 0 Å². The topological polar surface area (TPSA) is 102 Å². The Morgan fingerprint density at radius 3 is 2.60 bits per heavy atom. The molecule has 25 heavy (non-hydrogen) atoms. The number of carbonyl (C=O) groups excluding carboxylic acids is 2. The molecule has 9 heteroatoms. The van der Waals surface area contributed by atoms with Crippen LogP contribution in [-0.4, -0.2) is 39.7 Å². The maximum Gasteiger partial charge on any atom is 0.340 e. The van der Waals surface area contributed by atoms with E-state index in [-0.39, 0.29) is 11.3 Å². The lowest BCUT2D eigenvalue weighted by atomic mass is 10.2. The molecule has 0 fully saturated rings. The molecule has 0 saturated heterocycles. The van der Waals surface area contributed by atoms with Crippen molar-refractivity contribution >= 4 is 38.9 Å². The molecule has 2 rings (SSSR count). The van der Waals surface area contributed by atoms with Gasteiger partial charge < -0.3 is 10.1 Å². The summed E-state index contributed by atoms with van der Waals surface area (Å²) in [6, 6.07) is 9.93. The van der Waals surface area contributed by atoms with Crippen LogP contribution in [0.4, 0.5) is 5.69 Å². The lowest BCUT2D eigenvalue weighted by Gasteiger charge is -2.10. The Labute approximate surface area is 150 Å². The van der Waals surface area contributed by atoms with E-state index in [4.69, 9.17) is 4.74 Å². The molecule has 0 aliphatic rings. The number of para-hydroxylation sites is 1. The highest BCUT2D eigenvalue weighted by Crippen LogP contribution is 2.17. The van der Waals surface area contributed by atoms with Crippen molar-refractivity contribution in [1.29, 1.82) is 0 Å². The highest BCUT2D eigenvalue weighted by Gasteiger charge is 2.16. The number of carbonyl (C=O) groups is 2. The van der Waals surface area contributed by atoms with Crippen LogP contribution in [0.3, 0.4) is 0 Å². The largest absolute Gasteiger partial charge is 0.452 e. The summed E-state index contributed by atoms with van der Waals surface area (Å²) in [5.41, 5.74) is 0.146. The molecule has 2 aromatic rings. The van der Waals surface area contributed by atoms with E-state index in [9.17, 15) is 18.0 Å². The van der Waals surface area contributed by atoms with E-state index in [0.717, 1.165) is 11.1 Å². The number of nitrogens with one attached hydrogen (secondary N) is 2. The standard InChI is InChI=1S/C16H18N2O5S2/c1-25(21,22)18-14-7-3-2-6-13(14)16(20)23-11-15(19)17-9-8-12-5-4-10-24-12/h2-7,10,18H,8-9,11H2,1H3,(H,17,19). The minimum absolute atomic E-state index is 0.0410. The number of hydrogen-bond donors (Lipinski definition) is 2. The molecule has 134 valence electrons. The number of hydrogen-bond acceptors (Lipinski definition) is 6. The van der Waals surface area contributed by atoms with Crippen molar-refractivity contribution in [2.75, 3.05) is 24.1 Å². The van der Waals surface area contributed by atoms with E-state index in [1.807, 2.05) is 17.5 Å². The Kier molecular flexibility index (Phi) is 6.54. The molecule has 0 aliphatic carbocycles. The molecule has 1 aromatic carbocycles. The van der Waals surface area contributed by atoms with Gasteiger partial charge in [0.15, 0.2) is 6.61 Å². The first-order valence-electron chi connectivity index (χ1n) is 7.38. The van der Waals surface area contributed by atoms with Crippen LogP contribution in [0.1, 0.15) is 15.2 Å². The molecular weight excluding hydrogens is 364 g/mol. The fourth-order valence-electron chi connectivity index (χ4n) is 1.99. The van der Waals surface area contributed by atoms with Crippen molar-refractivity contribution in [2.24, 2.45) is 0 Å². The third-order valence-electron chi connectivity index (χ3n) is 3.05. The Bertz CT molecular complexity index is 832. The zero-order valence-electron chi connectivity index (χ0n) is 13.5. The number of anilines is 1. The molecule has 0 unspecified atom stereocenters. The van der Waals surface area contributed by atoms with Crippen LogP contribution >= 0.6 is 11.3 Å². The lowest BCUT2D eigenvalue weighted by molar-refractivity contribution is -0.124. The summed E-state index contributed by atoms with van der Waals surface area (Å²) in [6.45, 7) is 0.0135. The van der Waals surface area contributed by atoms with Gasteiger partial charge in [0, 0.05) is 11.4 Å². The first-order chi connectivity index (χ1) is 11.8. The molecule has 1 heterocycles. The third kappa shape index (κ3) is 6.55. The van der Waals surface area contributed by atoms with Gasteiger partial charge in [-0.25, -0.2) is 13.2 Å². The first-order valence-corrected chi connectivity index (χ1v) is 10.2. The van der Waals surface area contributed by atoms with E-state index in [2.05, 4.69) is 10.0 Å². The van der Waals surface area contributed by atoms with E-state index in [1.165, 1.54) is 12.1 Å². The number of sulfonamides is 1. The van der Waals surface area contributed by atoms with Crippen LogP contribution < -0.4 is 10.0 Å². The second-order valence-corrected chi connectivity index (χ2v) is 7.96. The van der Waals surface area contributed by atoms with Crippen LogP contribution in [0.15, 0.2) is 41.8 Å². The molecule has 0 spiro atoms. The van der Waals surface area contributed by atoms with Crippen molar-refractivity contribution in [3.05, 3.63) is 52.2 Å². The summed E-state index contributed by atoms with van der Waals surface area (Å²) in [4.78, 5) is 25.0. The van der Waals surface area contributed by atoms with Gasteiger partial charge in [0.2, 0.25) is 10.0 Å². The van der Waals surface area contributed by atoms with Crippen molar-refractivity contribution in [3.8, 4) is 0 Å². The molecule has 0 saturated carbocycles. The van der Waals surface area contributed by atoms with Crippen molar-refractivity contribution < 1.29 is 22.7 Å². The summed E-state index contributed by atoms with van der Waals surface area (Å²) in [6.07, 6.45) is 1.69. The van der Waals surface area contributed by atoms with Crippen LogP contribution in [0, 0.1) is 0 Å². The quantitative estimate of drug-likeness (QED) is 0.676. The SMILES string of the molecule is CS(=O)(=O)Nc1ccccc1C(=O)OCC(=O)NCCc1cccs1. The summed E-state index contributed by atoms with van der Waals surface area (Å²) >= 11 is 1.60. The fourth-order valence-corrected chi connectivity index (χ4v) is 3.28. The van der Waals surface area contributed by atoms with Gasteiger partial charge in [-0.05, 0) is 30.0 Å². The van der Waals surface area contributed by atoms with E-state index < -0.39 is 28.5 Å². The highest BCUT2D eigenvalue weighted by molar-refractivity contribution is 7.92. The summed E-state index contributed by atoms with van der Waals surface area (Å²) in [7, 11) is -3.53. The molecule has 2 N–H and O–H groups in total. The van der Waals surface area contributed by atoms with Gasteiger partial charge in [-0.2, -0.15) is 0 Å². The Hall–Kier alpha value is -2.39. The van der Waals surface area contributed by atoms with Crippen LogP contribution in [0.5, 0.6) is 0 Å². The van der Waals surface area contributed by atoms with Gasteiger partial charge in [-0.3, -0.25) is 9.52 Å². The van der Waals surface area contributed by atoms with Gasteiger partial charge in [0.25, 0.3) is 5.91 Å². The minimum atomic E-state index is -3.53. The normalized spacial score (nSPS) is 10.9. The van der Waals surface area contributed by atoms with Crippen molar-refractivity contribution in [1.82, 2.24) is 5.32 Å². The second-order valence-electron chi connectivity index (χ2n) is 5.18. The average Bonchev–Trinajstić information content (AvgIpc) is 3.05. The Balaban J connectivity index is 1.84. The maximum atomic E-state index is 12.1. The number of ether oxygens (including phenoxy) is 1. The number of thiophene rings is 1. The van der Waals surface area contributed by atoms with Crippen molar-refractivity contribution in [2.45, 2.75) is 6.42 Å². The highest BCUT2D eigenvalue weighted by atomic mass is 32.2. The maximum absolute atomic E-state index is 12.1. The summed E-state index contributed by atoms with van der Waals surface area (Å²) < 4.78 is 29.9. The molecule has 0 aliphatic heterocycles. The fraction of sp³-hybridized carbons (Fsp3) is 0.250. The molecule has 0 bridgehead atoms. The number of benzene rings is 1. The Morgan fingerprint density at radius 1 is 1.16 bits per heavy atom. The number of rotatable bonds is 8. The van der Waals surface area contributed by atoms with Crippen LogP contribution in [-0.2, 0) is 26.0 Å². The zero-order chi connectivity index (χ0) is 18.3. The molecular formula is C16H18N2O5S2. The van der Waals surface area contributed by atoms with E-state index in [1.54, 1.807) is 23.5 Å². The summed E-state index contributed by atoms with van der Waals surface area (Å²) in [5, 5.41) is 4.62. The van der Waals surface area contributed by atoms with Crippen LogP contribution in [0.25, 0.3) is 0 Å². The minimum Gasteiger partial charge on any atom is -0.452 e. The van der Waals surface area contributed by atoms with Gasteiger partial charge in [0.05, 0.1) is 17.5 Å². The van der Waals surface area contributed by atoms with Crippen molar-refractivity contribution in [3.63, 3.8) is 0 Å². The first kappa shape index (κ1) is 18.9. The summed E-state index contributed by atoms with van der Waals surface area (Å²) in [5.74, 6) is -1.20. The second kappa shape index (κ2) is 8.63. The average molecular weight is 382 g/mol. The van der Waals surface area contributed by atoms with Gasteiger partial charge >= 0.3 is 5.97 Å². The predicted molar refractivity (Wildman–Crippen MR) is 96.2 cm³/mol. The molecule has 0 atom stereocenters. The molecule has 1 amide bonds. The molecule has 7 nitrogen and oxygen atoms in total. The molecule has 1 aromatic heterocycles. The third-order valence-corrected chi connectivity index (χ3v) is 4.58. The number of esters is 1. The van der Waals surface area contributed by atoms with Gasteiger partial charge in [-0.1, -0.05) is 18.2 Å². The predicted octanol–water partition coefficient (Wildman–Crippen LogP) is 1.64.